The summed E-state index contributed by atoms with van der Waals surface area (Å²) in [5.41, 5.74) is 2.69. The third kappa shape index (κ3) is 7.02. The van der Waals surface area contributed by atoms with Gasteiger partial charge in [0.25, 0.3) is 0 Å². The van der Waals surface area contributed by atoms with Gasteiger partial charge in [-0.05, 0) is 23.3 Å². The number of aliphatic imine (C=N–C) groups is 1. The van der Waals surface area contributed by atoms with E-state index in [9.17, 15) is 13.2 Å². The van der Waals surface area contributed by atoms with Gasteiger partial charge in [0.15, 0.2) is 12.6 Å². The van der Waals surface area contributed by atoms with E-state index in [1.54, 1.807) is 25.4 Å². The molecule has 2 aromatic heterocycles. The summed E-state index contributed by atoms with van der Waals surface area (Å²) in [6.45, 7) is -0.0271. The molecule has 0 saturated heterocycles. The van der Waals surface area contributed by atoms with Gasteiger partial charge in [0.05, 0.1) is 6.54 Å². The summed E-state index contributed by atoms with van der Waals surface area (Å²) in [6.07, 6.45) is 0.594. The Balaban J connectivity index is 1.58. The van der Waals surface area contributed by atoms with Crippen molar-refractivity contribution in [1.82, 2.24) is 25.4 Å². The van der Waals surface area contributed by atoms with Crippen LogP contribution in [0.25, 0.3) is 0 Å². The molecule has 0 unspecified atom stereocenters. The minimum atomic E-state index is -4.43. The van der Waals surface area contributed by atoms with Crippen LogP contribution in [-0.4, -0.2) is 40.6 Å². The lowest BCUT2D eigenvalue weighted by molar-refractivity contribution is -0.154. The topological polar surface area (TPSA) is 76.4 Å². The van der Waals surface area contributed by atoms with Crippen molar-refractivity contribution in [3.8, 4) is 5.88 Å². The van der Waals surface area contributed by atoms with Gasteiger partial charge in [-0.1, -0.05) is 30.3 Å². The Hall–Kier alpha value is -3.56. The highest BCUT2D eigenvalue weighted by molar-refractivity contribution is 5.79. The number of benzene rings is 1. The standard InChI is InChI=1S/C21H23F3N6O/c1-25-20(28-13-17-8-4-9-26-19(17)31-15-21(22,23)24)27-12-16-6-2-3-7-18(16)14-30-11-5-10-29-30/h2-11H,12-15H2,1H3,(H2,25,27,28). The molecule has 0 radical (unpaired) electrons. The number of hydrogen-bond acceptors (Lipinski definition) is 4. The molecule has 0 atom stereocenters. The predicted octanol–water partition coefficient (Wildman–Crippen LogP) is 3.13. The quantitative estimate of drug-likeness (QED) is 0.423. The van der Waals surface area contributed by atoms with Crippen molar-refractivity contribution in [2.24, 2.45) is 4.99 Å². The highest BCUT2D eigenvalue weighted by Crippen LogP contribution is 2.19. The van der Waals surface area contributed by atoms with Crippen molar-refractivity contribution in [3.05, 3.63) is 77.7 Å². The van der Waals surface area contributed by atoms with E-state index < -0.39 is 12.8 Å². The van der Waals surface area contributed by atoms with Gasteiger partial charge < -0.3 is 15.4 Å². The van der Waals surface area contributed by atoms with Crippen molar-refractivity contribution < 1.29 is 17.9 Å². The van der Waals surface area contributed by atoms with Gasteiger partial charge in [-0.3, -0.25) is 9.67 Å². The molecule has 2 heterocycles. The molecular formula is C21H23F3N6O. The maximum Gasteiger partial charge on any atom is 0.422 e. The van der Waals surface area contributed by atoms with Crippen LogP contribution in [-0.2, 0) is 19.6 Å². The molecule has 0 aliphatic heterocycles. The maximum atomic E-state index is 12.5. The smallest absolute Gasteiger partial charge is 0.422 e. The lowest BCUT2D eigenvalue weighted by Crippen LogP contribution is -2.36. The van der Waals surface area contributed by atoms with Crippen LogP contribution >= 0.6 is 0 Å². The van der Waals surface area contributed by atoms with Gasteiger partial charge in [-0.2, -0.15) is 18.3 Å². The monoisotopic (exact) mass is 432 g/mol. The van der Waals surface area contributed by atoms with Crippen molar-refractivity contribution in [1.29, 1.82) is 0 Å². The molecule has 0 saturated carbocycles. The Bertz CT molecular complexity index is 989. The highest BCUT2D eigenvalue weighted by Gasteiger charge is 2.29. The molecule has 0 aliphatic rings. The second-order valence-corrected chi connectivity index (χ2v) is 6.62. The summed E-state index contributed by atoms with van der Waals surface area (Å²) in [4.78, 5) is 8.07. The molecule has 2 N–H and O–H groups in total. The average molecular weight is 432 g/mol. The fourth-order valence-corrected chi connectivity index (χ4v) is 2.87. The zero-order chi connectivity index (χ0) is 22.1. The number of aromatic nitrogens is 3. The number of guanidine groups is 1. The van der Waals surface area contributed by atoms with E-state index in [4.69, 9.17) is 4.74 Å². The number of pyridine rings is 1. The molecule has 10 heteroatoms. The minimum absolute atomic E-state index is 0.0626. The molecule has 0 aliphatic carbocycles. The molecule has 1 aromatic carbocycles. The summed E-state index contributed by atoms with van der Waals surface area (Å²) in [5.74, 6) is 0.437. The normalized spacial score (nSPS) is 11.9. The van der Waals surface area contributed by atoms with Crippen LogP contribution in [0.3, 0.4) is 0 Å². The van der Waals surface area contributed by atoms with E-state index in [2.05, 4.69) is 25.7 Å². The third-order valence-corrected chi connectivity index (χ3v) is 4.35. The molecule has 0 amide bonds. The summed E-state index contributed by atoms with van der Waals surface area (Å²) < 4.78 is 44.0. The van der Waals surface area contributed by atoms with E-state index in [-0.39, 0.29) is 12.4 Å². The molecule has 164 valence electrons. The fourth-order valence-electron chi connectivity index (χ4n) is 2.87. The van der Waals surface area contributed by atoms with Crippen molar-refractivity contribution in [3.63, 3.8) is 0 Å². The van der Waals surface area contributed by atoms with Gasteiger partial charge in [-0.15, -0.1) is 0 Å². The van der Waals surface area contributed by atoms with Crippen molar-refractivity contribution >= 4 is 5.96 Å². The van der Waals surface area contributed by atoms with E-state index >= 15 is 0 Å². The Morgan fingerprint density at radius 3 is 2.39 bits per heavy atom. The minimum Gasteiger partial charge on any atom is -0.468 e. The second-order valence-electron chi connectivity index (χ2n) is 6.62. The first-order valence-electron chi connectivity index (χ1n) is 9.57. The number of hydrogen-bond donors (Lipinski definition) is 2. The number of halogens is 3. The molecule has 31 heavy (non-hydrogen) atoms. The molecule has 0 fully saturated rings. The fraction of sp³-hybridized carbons (Fsp3) is 0.286. The van der Waals surface area contributed by atoms with Crippen molar-refractivity contribution in [2.45, 2.75) is 25.8 Å². The first-order valence-corrected chi connectivity index (χ1v) is 9.57. The molecule has 3 aromatic rings. The van der Waals surface area contributed by atoms with Gasteiger partial charge in [0.1, 0.15) is 0 Å². The largest absolute Gasteiger partial charge is 0.468 e. The summed E-state index contributed by atoms with van der Waals surface area (Å²) in [6, 6.07) is 13.1. The Morgan fingerprint density at radius 2 is 1.71 bits per heavy atom. The summed E-state index contributed by atoms with van der Waals surface area (Å²) in [5, 5.41) is 10.5. The van der Waals surface area contributed by atoms with Gasteiger partial charge >= 0.3 is 6.18 Å². The Labute approximate surface area is 178 Å². The zero-order valence-electron chi connectivity index (χ0n) is 16.9. The molecular weight excluding hydrogens is 409 g/mol. The number of rotatable bonds is 8. The van der Waals surface area contributed by atoms with Crippen LogP contribution in [0.5, 0.6) is 5.88 Å². The van der Waals surface area contributed by atoms with Crippen LogP contribution in [0.4, 0.5) is 13.2 Å². The second kappa shape index (κ2) is 10.5. The molecule has 7 nitrogen and oxygen atoms in total. The highest BCUT2D eigenvalue weighted by atomic mass is 19.4. The number of alkyl halides is 3. The van der Waals surface area contributed by atoms with E-state index in [0.29, 0.717) is 24.6 Å². The number of nitrogens with zero attached hydrogens (tertiary/aromatic N) is 4. The van der Waals surface area contributed by atoms with Crippen LogP contribution < -0.4 is 15.4 Å². The lowest BCUT2D eigenvalue weighted by atomic mass is 10.1. The Morgan fingerprint density at radius 1 is 1.00 bits per heavy atom. The Kier molecular flexibility index (Phi) is 7.47. The van der Waals surface area contributed by atoms with E-state index in [1.807, 2.05) is 41.2 Å². The third-order valence-electron chi connectivity index (χ3n) is 4.35. The van der Waals surface area contributed by atoms with E-state index in [1.165, 1.54) is 6.20 Å². The lowest BCUT2D eigenvalue weighted by Gasteiger charge is -2.16. The maximum absolute atomic E-state index is 12.5. The molecule has 0 bridgehead atoms. The van der Waals surface area contributed by atoms with Crippen LogP contribution in [0.2, 0.25) is 0 Å². The summed E-state index contributed by atoms with van der Waals surface area (Å²) in [7, 11) is 1.62. The van der Waals surface area contributed by atoms with Crippen molar-refractivity contribution in [2.75, 3.05) is 13.7 Å². The van der Waals surface area contributed by atoms with Gasteiger partial charge in [0, 0.05) is 44.3 Å². The SMILES string of the molecule is CN=C(NCc1ccccc1Cn1cccn1)NCc1cccnc1OCC(F)(F)F. The molecule has 0 spiro atoms. The molecule has 3 rings (SSSR count). The first kappa shape index (κ1) is 22.1. The van der Waals surface area contributed by atoms with Crippen LogP contribution in [0.15, 0.2) is 66.0 Å². The van der Waals surface area contributed by atoms with Gasteiger partial charge in [-0.25, -0.2) is 4.98 Å². The number of ether oxygens (including phenoxy) is 1. The van der Waals surface area contributed by atoms with Gasteiger partial charge in [0.2, 0.25) is 5.88 Å². The van der Waals surface area contributed by atoms with Crippen LogP contribution in [0, 0.1) is 0 Å². The first-order chi connectivity index (χ1) is 14.9. The van der Waals surface area contributed by atoms with E-state index in [0.717, 1.165) is 11.1 Å². The predicted molar refractivity (Wildman–Crippen MR) is 111 cm³/mol. The zero-order valence-corrected chi connectivity index (χ0v) is 16.9. The average Bonchev–Trinajstić information content (AvgIpc) is 3.26. The van der Waals surface area contributed by atoms with Crippen LogP contribution in [0.1, 0.15) is 16.7 Å². The number of nitrogens with one attached hydrogen (secondary N) is 2. The summed E-state index contributed by atoms with van der Waals surface area (Å²) >= 11 is 0.